The van der Waals surface area contributed by atoms with Crippen LogP contribution in [0.2, 0.25) is 0 Å². The number of carbonyl (C=O) groups excluding carboxylic acids is 2. The molecule has 0 unspecified atom stereocenters. The van der Waals surface area contributed by atoms with Gasteiger partial charge in [0.15, 0.2) is 0 Å². The van der Waals surface area contributed by atoms with E-state index in [0.717, 1.165) is 19.4 Å². The molecule has 108 valence electrons. The van der Waals surface area contributed by atoms with Crippen molar-refractivity contribution in [1.82, 2.24) is 20.5 Å². The van der Waals surface area contributed by atoms with Crippen LogP contribution in [0, 0.1) is 0 Å². The number of aromatic nitrogens is 1. The van der Waals surface area contributed by atoms with Gasteiger partial charge in [0.25, 0.3) is 0 Å². The van der Waals surface area contributed by atoms with E-state index in [0.29, 0.717) is 26.2 Å². The fraction of sp³-hybridized carbons (Fsp3) is 0.500. The number of nitrogens with zero attached hydrogens (tertiary/aromatic N) is 2. The fourth-order valence-electron chi connectivity index (χ4n) is 2.15. The molecule has 2 amide bonds. The highest BCUT2D eigenvalue weighted by Gasteiger charge is 2.17. The number of pyridine rings is 1. The molecule has 2 N–H and O–H groups in total. The molecule has 0 radical (unpaired) electrons. The number of carbonyl (C=O) groups is 2. The van der Waals surface area contributed by atoms with E-state index in [4.69, 9.17) is 0 Å². The molecule has 6 nitrogen and oxygen atoms in total. The van der Waals surface area contributed by atoms with Crippen LogP contribution in [0.5, 0.6) is 0 Å². The Bertz CT molecular complexity index is 450. The summed E-state index contributed by atoms with van der Waals surface area (Å²) in [7, 11) is 0. The minimum Gasteiger partial charge on any atom is -0.355 e. The Labute approximate surface area is 118 Å². The predicted octanol–water partition coefficient (Wildman–Crippen LogP) is -0.438. The van der Waals surface area contributed by atoms with Crippen LogP contribution in [0.4, 0.5) is 0 Å². The van der Waals surface area contributed by atoms with Crippen LogP contribution in [-0.2, 0) is 16.0 Å². The second-order valence-corrected chi connectivity index (χ2v) is 4.88. The number of hydrogen-bond donors (Lipinski definition) is 2. The summed E-state index contributed by atoms with van der Waals surface area (Å²) in [5.74, 6) is -0.0356. The van der Waals surface area contributed by atoms with Crippen LogP contribution < -0.4 is 10.6 Å². The number of rotatable bonds is 6. The fourth-order valence-corrected chi connectivity index (χ4v) is 2.15. The molecule has 1 aromatic rings. The van der Waals surface area contributed by atoms with Gasteiger partial charge in [-0.05, 0) is 24.5 Å². The first-order valence-corrected chi connectivity index (χ1v) is 6.89. The van der Waals surface area contributed by atoms with Gasteiger partial charge in [-0.2, -0.15) is 0 Å². The lowest BCUT2D eigenvalue weighted by atomic mass is 10.1. The van der Waals surface area contributed by atoms with Gasteiger partial charge in [-0.3, -0.25) is 19.5 Å². The van der Waals surface area contributed by atoms with Crippen LogP contribution in [0.3, 0.4) is 0 Å². The molecule has 1 aromatic heterocycles. The molecule has 0 saturated carbocycles. The summed E-state index contributed by atoms with van der Waals surface area (Å²) in [6.07, 6.45) is 5.38. The second kappa shape index (κ2) is 7.59. The van der Waals surface area contributed by atoms with Crippen LogP contribution in [0.1, 0.15) is 12.0 Å². The zero-order chi connectivity index (χ0) is 14.2. The maximum Gasteiger partial charge on any atom is 0.234 e. The zero-order valence-electron chi connectivity index (χ0n) is 11.5. The summed E-state index contributed by atoms with van der Waals surface area (Å²) < 4.78 is 0. The average molecular weight is 276 g/mol. The first-order valence-electron chi connectivity index (χ1n) is 6.89. The molecule has 0 aromatic carbocycles. The van der Waals surface area contributed by atoms with Crippen molar-refractivity contribution in [3.8, 4) is 0 Å². The van der Waals surface area contributed by atoms with E-state index in [1.54, 1.807) is 6.20 Å². The van der Waals surface area contributed by atoms with Gasteiger partial charge >= 0.3 is 0 Å². The molecule has 20 heavy (non-hydrogen) atoms. The maximum absolute atomic E-state index is 11.7. The lowest BCUT2D eigenvalue weighted by Crippen LogP contribution is -2.50. The minimum absolute atomic E-state index is 0.0133. The molecule has 2 heterocycles. The average Bonchev–Trinajstić information content (AvgIpc) is 2.45. The van der Waals surface area contributed by atoms with E-state index >= 15 is 0 Å². The Balaban J connectivity index is 1.59. The molecule has 1 saturated heterocycles. The number of aryl methyl sites for hydroxylation is 1. The highest BCUT2D eigenvalue weighted by Crippen LogP contribution is 1.99. The summed E-state index contributed by atoms with van der Waals surface area (Å²) >= 11 is 0. The Morgan fingerprint density at radius 3 is 3.15 bits per heavy atom. The lowest BCUT2D eigenvalue weighted by molar-refractivity contribution is -0.126. The maximum atomic E-state index is 11.7. The van der Waals surface area contributed by atoms with Gasteiger partial charge < -0.3 is 10.6 Å². The Hall–Kier alpha value is -1.95. The first kappa shape index (κ1) is 14.5. The highest BCUT2D eigenvalue weighted by molar-refractivity contribution is 5.81. The topological polar surface area (TPSA) is 74.3 Å². The summed E-state index contributed by atoms with van der Waals surface area (Å²) in [5, 5.41) is 5.62. The zero-order valence-corrected chi connectivity index (χ0v) is 11.5. The van der Waals surface area contributed by atoms with E-state index < -0.39 is 0 Å². The molecule has 1 aliphatic rings. The molecular formula is C14H20N4O2. The molecule has 0 bridgehead atoms. The SMILES string of the molecule is O=C(CN1CCNC(=O)C1)NCCCc1cccnc1. The van der Waals surface area contributed by atoms with Gasteiger partial charge in [-0.15, -0.1) is 0 Å². The quantitative estimate of drug-likeness (QED) is 0.691. The van der Waals surface area contributed by atoms with Crippen molar-refractivity contribution >= 4 is 11.8 Å². The Kier molecular flexibility index (Phi) is 5.49. The third-order valence-electron chi connectivity index (χ3n) is 3.17. The van der Waals surface area contributed by atoms with E-state index in [2.05, 4.69) is 15.6 Å². The number of nitrogens with one attached hydrogen (secondary N) is 2. The van der Waals surface area contributed by atoms with E-state index in [9.17, 15) is 9.59 Å². The summed E-state index contributed by atoms with van der Waals surface area (Å²) in [6, 6.07) is 3.94. The van der Waals surface area contributed by atoms with Gasteiger partial charge in [-0.25, -0.2) is 0 Å². The third-order valence-corrected chi connectivity index (χ3v) is 3.17. The number of amides is 2. The van der Waals surface area contributed by atoms with Gasteiger partial charge in [0.2, 0.25) is 11.8 Å². The van der Waals surface area contributed by atoms with Crippen molar-refractivity contribution in [1.29, 1.82) is 0 Å². The van der Waals surface area contributed by atoms with Gasteiger partial charge in [0.05, 0.1) is 13.1 Å². The first-order chi connectivity index (χ1) is 9.74. The predicted molar refractivity (Wildman–Crippen MR) is 75.0 cm³/mol. The van der Waals surface area contributed by atoms with Crippen molar-refractivity contribution in [2.75, 3.05) is 32.7 Å². The van der Waals surface area contributed by atoms with E-state index in [-0.39, 0.29) is 11.8 Å². The van der Waals surface area contributed by atoms with Crippen molar-refractivity contribution in [3.05, 3.63) is 30.1 Å². The smallest absolute Gasteiger partial charge is 0.234 e. The minimum atomic E-state index is -0.0223. The molecular weight excluding hydrogens is 256 g/mol. The standard InChI is InChI=1S/C14H20N4O2/c19-13(10-18-8-7-17-14(20)11-18)16-6-2-4-12-3-1-5-15-9-12/h1,3,5,9H,2,4,6-8,10-11H2,(H,16,19)(H,17,20). The number of piperazine rings is 1. The van der Waals surface area contributed by atoms with Crippen LogP contribution in [0.15, 0.2) is 24.5 Å². The van der Waals surface area contributed by atoms with Gasteiger partial charge in [-0.1, -0.05) is 6.07 Å². The normalized spacial score (nSPS) is 15.7. The van der Waals surface area contributed by atoms with Crippen molar-refractivity contribution in [3.63, 3.8) is 0 Å². The van der Waals surface area contributed by atoms with E-state index in [1.807, 2.05) is 23.2 Å². The van der Waals surface area contributed by atoms with E-state index in [1.165, 1.54) is 5.56 Å². The van der Waals surface area contributed by atoms with Crippen LogP contribution in [-0.4, -0.2) is 54.4 Å². The summed E-state index contributed by atoms with van der Waals surface area (Å²) in [6.45, 7) is 2.60. The van der Waals surface area contributed by atoms with Crippen molar-refractivity contribution in [2.24, 2.45) is 0 Å². The molecule has 2 rings (SSSR count). The highest BCUT2D eigenvalue weighted by atomic mass is 16.2. The second-order valence-electron chi connectivity index (χ2n) is 4.88. The molecule has 0 aliphatic carbocycles. The van der Waals surface area contributed by atoms with Crippen LogP contribution in [0.25, 0.3) is 0 Å². The largest absolute Gasteiger partial charge is 0.355 e. The molecule has 6 heteroatoms. The summed E-state index contributed by atoms with van der Waals surface area (Å²) in [5.41, 5.74) is 1.18. The third kappa shape index (κ3) is 4.97. The lowest BCUT2D eigenvalue weighted by Gasteiger charge is -2.25. The number of hydrogen-bond acceptors (Lipinski definition) is 4. The summed E-state index contributed by atoms with van der Waals surface area (Å²) in [4.78, 5) is 28.8. The monoisotopic (exact) mass is 276 g/mol. The Morgan fingerprint density at radius 2 is 2.40 bits per heavy atom. The van der Waals surface area contributed by atoms with Crippen LogP contribution >= 0.6 is 0 Å². The Morgan fingerprint density at radius 1 is 1.50 bits per heavy atom. The molecule has 1 fully saturated rings. The molecule has 1 aliphatic heterocycles. The molecule has 0 atom stereocenters. The van der Waals surface area contributed by atoms with Crippen molar-refractivity contribution in [2.45, 2.75) is 12.8 Å². The van der Waals surface area contributed by atoms with Gasteiger partial charge in [0.1, 0.15) is 0 Å². The van der Waals surface area contributed by atoms with Crippen molar-refractivity contribution < 1.29 is 9.59 Å². The van der Waals surface area contributed by atoms with Gasteiger partial charge in [0, 0.05) is 32.0 Å². The molecule has 0 spiro atoms.